The van der Waals surface area contributed by atoms with E-state index < -0.39 is 12.1 Å². The predicted molar refractivity (Wildman–Crippen MR) is 191 cm³/mol. The molecule has 13 nitrogen and oxygen atoms in total. The van der Waals surface area contributed by atoms with Gasteiger partial charge in [-0.25, -0.2) is 4.98 Å². The fourth-order valence-electron chi connectivity index (χ4n) is 6.28. The second-order valence-electron chi connectivity index (χ2n) is 12.2. The highest BCUT2D eigenvalue weighted by Crippen LogP contribution is 2.50. The van der Waals surface area contributed by atoms with Crippen LogP contribution in [-0.4, -0.2) is 61.5 Å². The average Bonchev–Trinajstić information content (AvgIpc) is 3.46. The van der Waals surface area contributed by atoms with E-state index in [4.69, 9.17) is 18.9 Å². The molecule has 3 aromatic carbocycles. The second-order valence-corrected chi connectivity index (χ2v) is 12.2. The van der Waals surface area contributed by atoms with Crippen molar-refractivity contribution in [2.45, 2.75) is 58.7 Å². The van der Waals surface area contributed by atoms with Crippen molar-refractivity contribution in [2.75, 3.05) is 39.1 Å². The van der Waals surface area contributed by atoms with Crippen LogP contribution in [0.4, 0.5) is 11.4 Å². The summed E-state index contributed by atoms with van der Waals surface area (Å²) in [4.78, 5) is 44.7. The van der Waals surface area contributed by atoms with Gasteiger partial charge in [0.05, 0.1) is 33.1 Å². The van der Waals surface area contributed by atoms with Crippen LogP contribution >= 0.6 is 0 Å². The Morgan fingerprint density at radius 2 is 1.80 bits per heavy atom. The highest BCUT2D eigenvalue weighted by atomic mass is 16.5. The number of nitrogens with zero attached hydrogens (tertiary/aromatic N) is 2. The number of carbonyl (C=O) groups is 2. The van der Waals surface area contributed by atoms with Gasteiger partial charge in [0.15, 0.2) is 23.1 Å². The van der Waals surface area contributed by atoms with Crippen LogP contribution in [0.2, 0.25) is 0 Å². The molecule has 0 unspecified atom stereocenters. The zero-order valence-corrected chi connectivity index (χ0v) is 29.4. The van der Waals surface area contributed by atoms with Crippen molar-refractivity contribution in [1.82, 2.24) is 20.5 Å². The van der Waals surface area contributed by atoms with E-state index in [1.165, 1.54) is 20.1 Å². The van der Waals surface area contributed by atoms with E-state index in [0.29, 0.717) is 77.1 Å². The van der Waals surface area contributed by atoms with Crippen molar-refractivity contribution in [3.05, 3.63) is 75.7 Å². The Labute approximate surface area is 291 Å². The third-order valence-electron chi connectivity index (χ3n) is 8.92. The lowest BCUT2D eigenvalue weighted by Crippen LogP contribution is -2.40. The molecule has 1 aliphatic carbocycles. The number of rotatable bonds is 13. The van der Waals surface area contributed by atoms with E-state index in [2.05, 4.69) is 31.1 Å². The summed E-state index contributed by atoms with van der Waals surface area (Å²) in [6.45, 7) is 5.69. The predicted octanol–water partition coefficient (Wildman–Crippen LogP) is 5.26. The summed E-state index contributed by atoms with van der Waals surface area (Å²) in [6.07, 6.45) is 1.78. The summed E-state index contributed by atoms with van der Waals surface area (Å²) >= 11 is 0. The number of ether oxygens (including phenoxy) is 4. The van der Waals surface area contributed by atoms with Crippen LogP contribution in [0, 0.1) is 5.92 Å². The molecule has 5 rings (SSSR count). The maximum atomic E-state index is 14.0. The number of carbonyl (C=O) groups excluding carboxylic acids is 2. The van der Waals surface area contributed by atoms with Gasteiger partial charge < -0.3 is 34.9 Å². The largest absolute Gasteiger partial charge is 0.493 e. The Balaban J connectivity index is 1.54. The van der Waals surface area contributed by atoms with Crippen LogP contribution in [0.1, 0.15) is 56.6 Å². The van der Waals surface area contributed by atoms with Gasteiger partial charge in [-0.2, -0.15) is 5.10 Å². The maximum Gasteiger partial charge on any atom is 0.247 e. The third-order valence-corrected chi connectivity index (χ3v) is 8.92. The summed E-state index contributed by atoms with van der Waals surface area (Å²) in [5.74, 6) is 1.78. The highest BCUT2D eigenvalue weighted by Gasteiger charge is 2.30. The molecule has 1 heterocycles. The van der Waals surface area contributed by atoms with E-state index in [1.807, 2.05) is 38.1 Å². The number of nitrogens with one attached hydrogen (secondary N) is 4. The van der Waals surface area contributed by atoms with Crippen molar-refractivity contribution in [2.24, 2.45) is 5.92 Å². The highest BCUT2D eigenvalue weighted by molar-refractivity contribution is 5.97. The number of hydrogen-bond donors (Lipinski definition) is 4. The Bertz CT molecular complexity index is 1930. The van der Waals surface area contributed by atoms with Gasteiger partial charge in [0, 0.05) is 30.8 Å². The maximum absolute atomic E-state index is 14.0. The van der Waals surface area contributed by atoms with E-state index in [9.17, 15) is 14.4 Å². The molecule has 1 aliphatic rings. The number of methoxy groups -OCH3 is 4. The molecule has 1 aromatic heterocycles. The average molecular weight is 685 g/mol. The van der Waals surface area contributed by atoms with Crippen molar-refractivity contribution in [3.63, 3.8) is 0 Å². The van der Waals surface area contributed by atoms with Crippen molar-refractivity contribution in [3.8, 4) is 39.8 Å². The van der Waals surface area contributed by atoms with Gasteiger partial charge in [-0.15, -0.1) is 0 Å². The lowest BCUT2D eigenvalue weighted by Gasteiger charge is -2.24. The van der Waals surface area contributed by atoms with Gasteiger partial charge in [-0.1, -0.05) is 38.5 Å². The molecule has 0 saturated heterocycles. The molecule has 50 heavy (non-hydrogen) atoms. The van der Waals surface area contributed by atoms with Crippen LogP contribution in [0.25, 0.3) is 22.5 Å². The van der Waals surface area contributed by atoms with Gasteiger partial charge >= 0.3 is 0 Å². The zero-order chi connectivity index (χ0) is 35.9. The summed E-state index contributed by atoms with van der Waals surface area (Å²) in [7, 11) is 6.23. The molecule has 0 radical (unpaired) electrons. The minimum atomic E-state index is -0.757. The number of anilines is 2. The quantitative estimate of drug-likeness (QED) is 0.146. The van der Waals surface area contributed by atoms with Crippen molar-refractivity contribution in [1.29, 1.82) is 0 Å². The number of benzene rings is 2. The molecule has 4 N–H and O–H groups in total. The number of aromatic amines is 1. The summed E-state index contributed by atoms with van der Waals surface area (Å²) < 4.78 is 22.3. The first-order valence-corrected chi connectivity index (χ1v) is 16.5. The number of fused-ring (bicyclic) bond motifs is 3. The molecule has 0 fully saturated rings. The summed E-state index contributed by atoms with van der Waals surface area (Å²) in [5.41, 5.74) is 4.16. The van der Waals surface area contributed by atoms with Crippen LogP contribution < -0.4 is 35.6 Å². The van der Waals surface area contributed by atoms with Gasteiger partial charge in [0.2, 0.25) is 23.0 Å². The van der Waals surface area contributed by atoms with E-state index in [1.54, 1.807) is 39.5 Å². The van der Waals surface area contributed by atoms with Crippen LogP contribution in [0.15, 0.2) is 53.3 Å². The first kappa shape index (κ1) is 35.9. The molecule has 0 spiro atoms. The molecule has 0 bridgehead atoms. The number of aryl methyl sites for hydroxylation is 1. The number of hydrogen-bond acceptors (Lipinski definition) is 10. The number of aromatic nitrogens is 3. The zero-order valence-electron chi connectivity index (χ0n) is 29.4. The lowest BCUT2D eigenvalue weighted by molar-refractivity contribution is -0.120. The molecule has 2 amide bonds. The smallest absolute Gasteiger partial charge is 0.247 e. The van der Waals surface area contributed by atoms with Crippen molar-refractivity contribution >= 4 is 23.2 Å². The monoisotopic (exact) mass is 684 g/mol. The van der Waals surface area contributed by atoms with Crippen LogP contribution in [0.5, 0.6) is 17.2 Å². The standard InChI is InChI=1S/C37H44N6O7/c1-8-20(2)33(37(46)39-24-11-9-10-23(16-24)36-41-31(19-47-4)42-43-36)40-28-15-13-25-26(18-29(28)45)27(38-21(3)44)14-12-22-17-30(48-5)34(49-6)35(50-7)32(22)25/h9-11,13,15-18,20,27,33H,8,12,14,19H2,1-7H3,(H,38,44)(H,39,46)(H,40,45)(H,41,42,43)/t20-,27+,33-/m0/s1. The molecular formula is C37H44N6O7. The summed E-state index contributed by atoms with van der Waals surface area (Å²) in [6, 6.07) is 13.0. The normalized spacial score (nSPS) is 14.7. The first-order chi connectivity index (χ1) is 24.1. The van der Waals surface area contributed by atoms with Gasteiger partial charge in [0.1, 0.15) is 12.6 Å². The number of amides is 2. The van der Waals surface area contributed by atoms with Gasteiger partial charge in [-0.3, -0.25) is 19.5 Å². The topological polar surface area (TPSA) is 166 Å². The fraction of sp³-hybridized carbons (Fsp3) is 0.378. The molecule has 13 heteroatoms. The fourth-order valence-corrected chi connectivity index (χ4v) is 6.28. The SMILES string of the molecule is CC[C@H](C)[C@H](Nc1ccc2c(cc1=O)[C@H](NC(C)=O)CCc1cc(OC)c(OC)c(OC)c1-2)C(=O)Nc1cccc(-c2n[nH]c(COC)n2)c1. The van der Waals surface area contributed by atoms with E-state index >= 15 is 0 Å². The molecule has 264 valence electrons. The Morgan fingerprint density at radius 3 is 2.48 bits per heavy atom. The van der Waals surface area contributed by atoms with Crippen LogP contribution in [-0.2, 0) is 27.4 Å². The van der Waals surface area contributed by atoms with Crippen molar-refractivity contribution < 1.29 is 28.5 Å². The van der Waals surface area contributed by atoms with Gasteiger partial charge in [0.25, 0.3) is 0 Å². The van der Waals surface area contributed by atoms with Crippen LogP contribution in [0.3, 0.4) is 0 Å². The lowest BCUT2D eigenvalue weighted by atomic mass is 9.95. The van der Waals surface area contributed by atoms with Gasteiger partial charge in [-0.05, 0) is 65.8 Å². The molecule has 4 aromatic rings. The second kappa shape index (κ2) is 15.9. The Hall–Kier alpha value is -5.43. The van der Waals surface area contributed by atoms with E-state index in [-0.39, 0.29) is 28.8 Å². The minimum absolute atomic E-state index is 0.143. The van der Waals surface area contributed by atoms with E-state index in [0.717, 1.165) is 11.1 Å². The molecular weight excluding hydrogens is 640 g/mol. The first-order valence-electron chi connectivity index (χ1n) is 16.5. The minimum Gasteiger partial charge on any atom is -0.493 e. The molecule has 0 aliphatic heterocycles. The summed E-state index contributed by atoms with van der Waals surface area (Å²) in [5, 5.41) is 16.4. The molecule has 0 saturated carbocycles. The Kier molecular flexibility index (Phi) is 11.4. The number of H-pyrrole nitrogens is 1. The third kappa shape index (κ3) is 7.57. The Morgan fingerprint density at radius 1 is 1.02 bits per heavy atom. The molecule has 3 atom stereocenters.